The van der Waals surface area contributed by atoms with Crippen molar-refractivity contribution >= 4 is 34.3 Å². The molecule has 1 aliphatic rings. The van der Waals surface area contributed by atoms with Crippen LogP contribution in [0.15, 0.2) is 56.7 Å². The summed E-state index contributed by atoms with van der Waals surface area (Å²) in [5, 5.41) is 2.98. The molecule has 1 aromatic carbocycles. The molecule has 1 N–H and O–H groups in total. The predicted molar refractivity (Wildman–Crippen MR) is 112 cm³/mol. The minimum atomic E-state index is -0.453. The van der Waals surface area contributed by atoms with Gasteiger partial charge < -0.3 is 23.6 Å². The molecule has 0 saturated carbocycles. The Morgan fingerprint density at radius 1 is 1.23 bits per heavy atom. The average molecular weight is 418 g/mol. The van der Waals surface area contributed by atoms with Crippen LogP contribution in [0.25, 0.3) is 11.1 Å². The zero-order chi connectivity index (χ0) is 21.7. The Morgan fingerprint density at radius 2 is 2.06 bits per heavy atom. The van der Waals surface area contributed by atoms with E-state index in [-0.39, 0.29) is 28.1 Å². The fourth-order valence-corrected chi connectivity index (χ4v) is 3.89. The maximum Gasteiger partial charge on any atom is 0.265 e. The molecular weight excluding hydrogens is 400 g/mol. The van der Waals surface area contributed by atoms with Gasteiger partial charge in [-0.2, -0.15) is 0 Å². The van der Waals surface area contributed by atoms with Gasteiger partial charge in [0.2, 0.25) is 5.71 Å². The van der Waals surface area contributed by atoms with Gasteiger partial charge in [0.05, 0.1) is 17.4 Å². The summed E-state index contributed by atoms with van der Waals surface area (Å²) in [7, 11) is 1.57. The molecule has 0 saturated heterocycles. The SMILES string of the molecule is Cc1oc2ncn(C)c(=O)c2c1C(=O)Nc1ccc2c(c1)CCN2C(=O)c1ccoc1. The van der Waals surface area contributed by atoms with Gasteiger partial charge in [0.15, 0.2) is 0 Å². The topological polar surface area (TPSA) is 111 Å². The molecule has 9 nitrogen and oxygen atoms in total. The van der Waals surface area contributed by atoms with Crippen molar-refractivity contribution < 1.29 is 18.4 Å². The van der Waals surface area contributed by atoms with Crippen LogP contribution >= 0.6 is 0 Å². The number of hydrogen-bond acceptors (Lipinski definition) is 6. The monoisotopic (exact) mass is 418 g/mol. The van der Waals surface area contributed by atoms with E-state index < -0.39 is 5.91 Å². The number of nitrogens with one attached hydrogen (secondary N) is 1. The van der Waals surface area contributed by atoms with Gasteiger partial charge in [0, 0.05) is 25.0 Å². The molecule has 4 aromatic rings. The Bertz CT molecular complexity index is 1400. The van der Waals surface area contributed by atoms with Crippen LogP contribution in [0.4, 0.5) is 11.4 Å². The summed E-state index contributed by atoms with van der Waals surface area (Å²) in [6.07, 6.45) is 4.91. The Labute approximate surface area is 175 Å². The molecule has 5 rings (SSSR count). The molecule has 1 aliphatic heterocycles. The first kappa shape index (κ1) is 18.9. The Morgan fingerprint density at radius 3 is 2.84 bits per heavy atom. The molecule has 9 heteroatoms. The molecule has 0 atom stereocenters. The van der Waals surface area contributed by atoms with Gasteiger partial charge in [-0.3, -0.25) is 14.4 Å². The van der Waals surface area contributed by atoms with Crippen molar-refractivity contribution in [1.82, 2.24) is 9.55 Å². The molecule has 0 unspecified atom stereocenters. The summed E-state index contributed by atoms with van der Waals surface area (Å²) in [5.74, 6) is -0.264. The first-order valence-electron chi connectivity index (χ1n) is 9.67. The summed E-state index contributed by atoms with van der Waals surface area (Å²) in [6, 6.07) is 7.00. The van der Waals surface area contributed by atoms with Crippen LogP contribution < -0.4 is 15.8 Å². The van der Waals surface area contributed by atoms with E-state index in [0.29, 0.717) is 30.0 Å². The molecule has 0 aliphatic carbocycles. The number of hydrogen-bond donors (Lipinski definition) is 1. The van der Waals surface area contributed by atoms with Crippen LogP contribution in [0.3, 0.4) is 0 Å². The van der Waals surface area contributed by atoms with Crippen LogP contribution in [0, 0.1) is 6.92 Å². The fourth-order valence-electron chi connectivity index (χ4n) is 3.89. The second-order valence-corrected chi connectivity index (χ2v) is 7.39. The van der Waals surface area contributed by atoms with E-state index in [9.17, 15) is 14.4 Å². The van der Waals surface area contributed by atoms with Crippen LogP contribution in [-0.4, -0.2) is 27.9 Å². The minimum absolute atomic E-state index is 0.131. The third-order valence-electron chi connectivity index (χ3n) is 5.42. The van der Waals surface area contributed by atoms with Crippen LogP contribution in [0.1, 0.15) is 32.0 Å². The third kappa shape index (κ3) is 3.02. The van der Waals surface area contributed by atoms with Crippen LogP contribution in [0.5, 0.6) is 0 Å². The van der Waals surface area contributed by atoms with E-state index in [1.54, 1.807) is 37.1 Å². The number of furan rings is 2. The highest BCUT2D eigenvalue weighted by molar-refractivity contribution is 6.13. The standard InChI is InChI=1S/C22H18N4O5/c1-12-17(18-20(31-12)23-11-25(2)22(18)29)19(27)24-15-3-4-16-13(9-15)5-7-26(16)21(28)14-6-8-30-10-14/h3-4,6,8-11H,5,7H2,1-2H3,(H,24,27). The number of rotatable bonds is 3. The van der Waals surface area contributed by atoms with E-state index in [0.717, 1.165) is 11.3 Å². The van der Waals surface area contributed by atoms with E-state index in [1.165, 1.54) is 23.4 Å². The number of benzene rings is 1. The Balaban J connectivity index is 1.44. The molecular formula is C22H18N4O5. The second-order valence-electron chi connectivity index (χ2n) is 7.39. The summed E-state index contributed by atoms with van der Waals surface area (Å²) in [5.41, 5.74) is 2.75. The maximum absolute atomic E-state index is 13.0. The van der Waals surface area contributed by atoms with Crippen molar-refractivity contribution in [3.8, 4) is 0 Å². The Kier molecular flexibility index (Phi) is 4.25. The van der Waals surface area contributed by atoms with Gasteiger partial charge in [0.25, 0.3) is 17.4 Å². The number of aromatic nitrogens is 2. The number of aryl methyl sites for hydroxylation is 2. The third-order valence-corrected chi connectivity index (χ3v) is 5.42. The lowest BCUT2D eigenvalue weighted by Crippen LogP contribution is -2.28. The summed E-state index contributed by atoms with van der Waals surface area (Å²) in [6.45, 7) is 2.17. The highest BCUT2D eigenvalue weighted by Crippen LogP contribution is 2.32. The zero-order valence-electron chi connectivity index (χ0n) is 16.8. The molecule has 31 heavy (non-hydrogen) atoms. The van der Waals surface area contributed by atoms with Crippen molar-refractivity contribution in [2.75, 3.05) is 16.8 Å². The lowest BCUT2D eigenvalue weighted by molar-refractivity contribution is 0.0987. The molecule has 0 fully saturated rings. The van der Waals surface area contributed by atoms with E-state index in [1.807, 2.05) is 6.07 Å². The van der Waals surface area contributed by atoms with Gasteiger partial charge in [-0.25, -0.2) is 4.98 Å². The predicted octanol–water partition coefficient (Wildman–Crippen LogP) is 2.88. The lowest BCUT2D eigenvalue weighted by atomic mass is 10.1. The van der Waals surface area contributed by atoms with E-state index in [4.69, 9.17) is 8.83 Å². The summed E-state index contributed by atoms with van der Waals surface area (Å²) in [4.78, 5) is 43.9. The van der Waals surface area contributed by atoms with Gasteiger partial charge in [-0.15, -0.1) is 0 Å². The maximum atomic E-state index is 13.0. The highest BCUT2D eigenvalue weighted by Gasteiger charge is 2.27. The second kappa shape index (κ2) is 6.98. The van der Waals surface area contributed by atoms with Crippen LogP contribution in [0.2, 0.25) is 0 Å². The quantitative estimate of drug-likeness (QED) is 0.548. The molecule has 0 radical (unpaired) electrons. The molecule has 2 amide bonds. The lowest BCUT2D eigenvalue weighted by Gasteiger charge is -2.16. The molecule has 0 bridgehead atoms. The smallest absolute Gasteiger partial charge is 0.265 e. The minimum Gasteiger partial charge on any atom is -0.472 e. The molecule has 156 valence electrons. The Hall–Kier alpha value is -4.14. The first-order chi connectivity index (χ1) is 14.9. The number of amides is 2. The first-order valence-corrected chi connectivity index (χ1v) is 9.67. The fraction of sp³-hybridized carbons (Fsp3) is 0.182. The van der Waals surface area contributed by atoms with Crippen molar-refractivity contribution in [2.45, 2.75) is 13.3 Å². The summed E-state index contributed by atoms with van der Waals surface area (Å²) < 4.78 is 11.8. The van der Waals surface area contributed by atoms with Gasteiger partial charge >= 0.3 is 0 Å². The van der Waals surface area contributed by atoms with Gasteiger partial charge in [0.1, 0.15) is 23.7 Å². The van der Waals surface area contributed by atoms with E-state index in [2.05, 4.69) is 10.3 Å². The van der Waals surface area contributed by atoms with E-state index >= 15 is 0 Å². The molecule has 3 aromatic heterocycles. The van der Waals surface area contributed by atoms with Crippen molar-refractivity contribution in [1.29, 1.82) is 0 Å². The number of fused-ring (bicyclic) bond motifs is 2. The van der Waals surface area contributed by atoms with Crippen molar-refractivity contribution in [2.24, 2.45) is 7.05 Å². The largest absolute Gasteiger partial charge is 0.472 e. The molecule has 0 spiro atoms. The molecule has 4 heterocycles. The zero-order valence-corrected chi connectivity index (χ0v) is 16.8. The number of nitrogens with zero attached hydrogens (tertiary/aromatic N) is 3. The number of anilines is 2. The highest BCUT2D eigenvalue weighted by atomic mass is 16.3. The number of carbonyl (C=O) groups is 2. The normalized spacial score (nSPS) is 12.9. The van der Waals surface area contributed by atoms with Gasteiger partial charge in [-0.05, 0) is 43.2 Å². The van der Waals surface area contributed by atoms with Crippen LogP contribution in [-0.2, 0) is 13.5 Å². The van der Waals surface area contributed by atoms with Gasteiger partial charge in [-0.1, -0.05) is 0 Å². The summed E-state index contributed by atoms with van der Waals surface area (Å²) >= 11 is 0. The number of carbonyl (C=O) groups excluding carboxylic acids is 2. The average Bonchev–Trinajstić information content (AvgIpc) is 3.48. The van der Waals surface area contributed by atoms with Crippen molar-refractivity contribution in [3.63, 3.8) is 0 Å². The van der Waals surface area contributed by atoms with Crippen molar-refractivity contribution in [3.05, 3.63) is 75.9 Å².